The number of hydrogen-bond acceptors (Lipinski definition) is 3. The van der Waals surface area contributed by atoms with E-state index in [4.69, 9.17) is 0 Å². The number of nitrogens with zero attached hydrogens (tertiary/aromatic N) is 2. The van der Waals surface area contributed by atoms with Crippen LogP contribution in [0.4, 0.5) is 10.1 Å². The zero-order valence-corrected chi connectivity index (χ0v) is 17.8. The molecule has 162 valence electrons. The lowest BCUT2D eigenvalue weighted by Crippen LogP contribution is -2.50. The number of amides is 2. The summed E-state index contributed by atoms with van der Waals surface area (Å²) < 4.78 is 14.0. The largest absolute Gasteiger partial charge is 0.353 e. The van der Waals surface area contributed by atoms with Gasteiger partial charge in [-0.3, -0.25) is 9.59 Å². The number of anilines is 1. The van der Waals surface area contributed by atoms with Crippen LogP contribution in [0.25, 0.3) is 0 Å². The van der Waals surface area contributed by atoms with Gasteiger partial charge in [0.15, 0.2) is 0 Å². The SMILES string of the molecule is CC(=O)N1CC2(CCN(C3CCC(C(=O)NC4CC4)CC3)CC2)c2cc(F)ccc21. The Bertz CT molecular complexity index is 837. The smallest absolute Gasteiger partial charge is 0.223 e. The van der Waals surface area contributed by atoms with Crippen LogP contribution in [0.15, 0.2) is 18.2 Å². The molecule has 3 fully saturated rings. The summed E-state index contributed by atoms with van der Waals surface area (Å²) in [6, 6.07) is 5.87. The fraction of sp³-hybridized carbons (Fsp3) is 0.667. The van der Waals surface area contributed by atoms with Gasteiger partial charge in [-0.25, -0.2) is 4.39 Å². The van der Waals surface area contributed by atoms with Crippen molar-refractivity contribution in [2.45, 2.75) is 75.8 Å². The lowest BCUT2D eigenvalue weighted by molar-refractivity contribution is -0.126. The Hall–Kier alpha value is -1.95. The molecule has 0 radical (unpaired) electrons. The minimum Gasteiger partial charge on any atom is -0.353 e. The average molecular weight is 414 g/mol. The van der Waals surface area contributed by atoms with E-state index in [-0.39, 0.29) is 29.0 Å². The molecule has 2 saturated carbocycles. The maximum Gasteiger partial charge on any atom is 0.223 e. The lowest BCUT2D eigenvalue weighted by Gasteiger charge is -2.44. The van der Waals surface area contributed by atoms with Gasteiger partial charge in [0, 0.05) is 42.6 Å². The summed E-state index contributed by atoms with van der Waals surface area (Å²) >= 11 is 0. The summed E-state index contributed by atoms with van der Waals surface area (Å²) in [6.07, 6.45) is 8.33. The Labute approximate surface area is 178 Å². The Balaban J connectivity index is 1.21. The van der Waals surface area contributed by atoms with Crippen LogP contribution >= 0.6 is 0 Å². The third-order valence-corrected chi connectivity index (χ3v) is 7.92. The van der Waals surface area contributed by atoms with Crippen molar-refractivity contribution < 1.29 is 14.0 Å². The molecular formula is C24H32FN3O2. The van der Waals surface area contributed by atoms with Gasteiger partial charge in [0.25, 0.3) is 0 Å². The van der Waals surface area contributed by atoms with E-state index in [9.17, 15) is 14.0 Å². The monoisotopic (exact) mass is 413 g/mol. The first kappa shape index (κ1) is 20.0. The summed E-state index contributed by atoms with van der Waals surface area (Å²) in [5.41, 5.74) is 1.78. The molecule has 0 bridgehead atoms. The van der Waals surface area contributed by atoms with Crippen LogP contribution < -0.4 is 10.2 Å². The normalized spacial score (nSPS) is 28.4. The second-order valence-corrected chi connectivity index (χ2v) is 9.87. The maximum atomic E-state index is 14.0. The maximum absolute atomic E-state index is 14.0. The quantitative estimate of drug-likeness (QED) is 0.827. The van der Waals surface area contributed by atoms with Crippen LogP contribution in [-0.4, -0.2) is 48.4 Å². The summed E-state index contributed by atoms with van der Waals surface area (Å²) in [4.78, 5) is 28.9. The molecule has 2 aliphatic carbocycles. The standard InChI is InChI=1S/C24H32FN3O2/c1-16(29)28-15-24(21-14-18(25)4-9-22(21)28)10-12-27(13-11-24)20-7-2-17(3-8-20)23(30)26-19-5-6-19/h4,9,14,17,19-20H,2-3,5-8,10-13,15H2,1H3,(H,26,30). The Kier molecular flexibility index (Phi) is 5.08. The predicted octanol–water partition coefficient (Wildman–Crippen LogP) is 3.36. The van der Waals surface area contributed by atoms with E-state index in [0.29, 0.717) is 18.6 Å². The molecule has 1 aromatic rings. The molecule has 30 heavy (non-hydrogen) atoms. The van der Waals surface area contributed by atoms with Gasteiger partial charge in [-0.2, -0.15) is 0 Å². The molecule has 1 saturated heterocycles. The van der Waals surface area contributed by atoms with Crippen LogP contribution in [0.5, 0.6) is 0 Å². The van der Waals surface area contributed by atoms with Crippen molar-refractivity contribution in [3.05, 3.63) is 29.6 Å². The van der Waals surface area contributed by atoms with Gasteiger partial charge in [0.05, 0.1) is 0 Å². The molecule has 0 aromatic heterocycles. The van der Waals surface area contributed by atoms with Crippen molar-refractivity contribution in [2.24, 2.45) is 5.92 Å². The highest BCUT2D eigenvalue weighted by atomic mass is 19.1. The van der Waals surface area contributed by atoms with E-state index in [0.717, 1.165) is 75.7 Å². The zero-order chi connectivity index (χ0) is 20.9. The summed E-state index contributed by atoms with van der Waals surface area (Å²) in [5.74, 6) is 0.267. The highest BCUT2D eigenvalue weighted by Crippen LogP contribution is 2.48. The van der Waals surface area contributed by atoms with E-state index in [1.165, 1.54) is 6.07 Å². The van der Waals surface area contributed by atoms with Crippen molar-refractivity contribution in [1.82, 2.24) is 10.2 Å². The van der Waals surface area contributed by atoms with Gasteiger partial charge < -0.3 is 15.1 Å². The van der Waals surface area contributed by atoms with Crippen LogP contribution in [-0.2, 0) is 15.0 Å². The van der Waals surface area contributed by atoms with E-state index in [1.807, 2.05) is 4.90 Å². The fourth-order valence-electron chi connectivity index (χ4n) is 5.92. The molecule has 6 heteroatoms. The molecule has 1 aromatic carbocycles. The molecule has 5 nitrogen and oxygen atoms in total. The molecule has 4 aliphatic rings. The first-order valence-corrected chi connectivity index (χ1v) is 11.6. The molecule has 1 N–H and O–H groups in total. The minimum atomic E-state index is -0.219. The van der Waals surface area contributed by atoms with Crippen molar-refractivity contribution in [3.8, 4) is 0 Å². The molecule has 0 unspecified atom stereocenters. The summed E-state index contributed by atoms with van der Waals surface area (Å²) in [7, 11) is 0. The molecule has 5 rings (SSSR count). The lowest BCUT2D eigenvalue weighted by atomic mass is 9.73. The third kappa shape index (κ3) is 3.64. The first-order chi connectivity index (χ1) is 14.4. The Morgan fingerprint density at radius 2 is 1.77 bits per heavy atom. The predicted molar refractivity (Wildman–Crippen MR) is 114 cm³/mol. The van der Waals surface area contributed by atoms with E-state index < -0.39 is 0 Å². The first-order valence-electron chi connectivity index (χ1n) is 11.6. The van der Waals surface area contributed by atoms with Gasteiger partial charge in [-0.05, 0) is 88.2 Å². The topological polar surface area (TPSA) is 52.7 Å². The second kappa shape index (κ2) is 7.63. The molecular weight excluding hydrogens is 381 g/mol. The number of hydrogen-bond donors (Lipinski definition) is 1. The van der Waals surface area contributed by atoms with Crippen molar-refractivity contribution >= 4 is 17.5 Å². The second-order valence-electron chi connectivity index (χ2n) is 9.87. The number of likely N-dealkylation sites (tertiary alicyclic amines) is 1. The van der Waals surface area contributed by atoms with Crippen LogP contribution in [0.3, 0.4) is 0 Å². The van der Waals surface area contributed by atoms with Gasteiger partial charge in [-0.1, -0.05) is 0 Å². The molecule has 2 heterocycles. The van der Waals surface area contributed by atoms with Gasteiger partial charge in [0.2, 0.25) is 11.8 Å². The van der Waals surface area contributed by atoms with Crippen LogP contribution in [0, 0.1) is 11.7 Å². The molecule has 1 spiro atoms. The summed E-state index contributed by atoms with van der Waals surface area (Å²) in [5, 5.41) is 3.16. The number of carbonyl (C=O) groups excluding carboxylic acids is 2. The van der Waals surface area contributed by atoms with Crippen LogP contribution in [0.2, 0.25) is 0 Å². The van der Waals surface area contributed by atoms with Crippen molar-refractivity contribution in [3.63, 3.8) is 0 Å². The van der Waals surface area contributed by atoms with E-state index >= 15 is 0 Å². The number of rotatable bonds is 3. The number of benzene rings is 1. The molecule has 2 aliphatic heterocycles. The number of piperidine rings is 1. The zero-order valence-electron chi connectivity index (χ0n) is 17.8. The highest BCUT2D eigenvalue weighted by molar-refractivity contribution is 5.94. The van der Waals surface area contributed by atoms with E-state index in [1.54, 1.807) is 19.1 Å². The van der Waals surface area contributed by atoms with Gasteiger partial charge >= 0.3 is 0 Å². The molecule has 0 atom stereocenters. The summed E-state index contributed by atoms with van der Waals surface area (Å²) in [6.45, 7) is 4.22. The number of fused-ring (bicyclic) bond motifs is 2. The van der Waals surface area contributed by atoms with E-state index in [2.05, 4.69) is 10.2 Å². The fourth-order valence-corrected chi connectivity index (χ4v) is 5.92. The number of nitrogens with one attached hydrogen (secondary N) is 1. The van der Waals surface area contributed by atoms with Gasteiger partial charge in [0.1, 0.15) is 5.82 Å². The highest BCUT2D eigenvalue weighted by Gasteiger charge is 2.47. The third-order valence-electron chi connectivity index (χ3n) is 7.92. The van der Waals surface area contributed by atoms with Crippen molar-refractivity contribution in [2.75, 3.05) is 24.5 Å². The Morgan fingerprint density at radius 3 is 2.40 bits per heavy atom. The average Bonchev–Trinajstić information content (AvgIpc) is 3.51. The van der Waals surface area contributed by atoms with Crippen LogP contribution in [0.1, 0.15) is 63.9 Å². The molecule has 2 amide bonds. The minimum absolute atomic E-state index is 0.0324. The number of halogens is 1. The number of carbonyl (C=O) groups is 2. The van der Waals surface area contributed by atoms with Crippen molar-refractivity contribution in [1.29, 1.82) is 0 Å². The Morgan fingerprint density at radius 1 is 1.07 bits per heavy atom. The van der Waals surface area contributed by atoms with Gasteiger partial charge in [-0.15, -0.1) is 0 Å².